The van der Waals surface area contributed by atoms with Crippen LogP contribution in [-0.4, -0.2) is 26.4 Å². The molecule has 1 aliphatic rings. The Bertz CT molecular complexity index is 1300. The predicted octanol–water partition coefficient (Wildman–Crippen LogP) is 6.56. The van der Waals surface area contributed by atoms with Gasteiger partial charge < -0.3 is 14.6 Å². The molecule has 0 radical (unpaired) electrons. The van der Waals surface area contributed by atoms with Crippen LogP contribution in [0.1, 0.15) is 74.5 Å². The van der Waals surface area contributed by atoms with E-state index < -0.39 is 0 Å². The first-order chi connectivity index (χ1) is 17.6. The molecule has 1 N–H and O–H groups in total. The molecule has 0 fully saturated rings. The van der Waals surface area contributed by atoms with Gasteiger partial charge >= 0.3 is 0 Å². The lowest BCUT2D eigenvalue weighted by Gasteiger charge is -2.33. The number of carbonyl (C=O) groups is 1. The fraction of sp³-hybridized carbons (Fsp3) is 0.500. The number of anilines is 1. The van der Waals surface area contributed by atoms with E-state index in [-0.39, 0.29) is 23.2 Å². The van der Waals surface area contributed by atoms with Crippen LogP contribution in [-0.2, 0) is 24.2 Å². The summed E-state index contributed by atoms with van der Waals surface area (Å²) >= 11 is 2.90. The van der Waals surface area contributed by atoms with Crippen molar-refractivity contribution in [3.63, 3.8) is 0 Å². The van der Waals surface area contributed by atoms with E-state index in [1.54, 1.807) is 11.3 Å². The Kier molecular flexibility index (Phi) is 8.29. The average molecular weight is 538 g/mol. The maximum absolute atomic E-state index is 12.9. The number of thiophene rings is 1. The van der Waals surface area contributed by atoms with Crippen LogP contribution in [0.15, 0.2) is 29.4 Å². The molecule has 2 atom stereocenters. The van der Waals surface area contributed by atoms with Gasteiger partial charge in [-0.25, -0.2) is 0 Å². The van der Waals surface area contributed by atoms with Crippen LogP contribution in [0.25, 0.3) is 0 Å². The number of carbonyl (C=O) groups excluding carboxylic acids is 1. The van der Waals surface area contributed by atoms with Crippen molar-refractivity contribution in [2.24, 2.45) is 11.3 Å². The number of nitrogens with one attached hydrogen (secondary N) is 1. The molecular weight excluding hydrogens is 502 g/mol. The van der Waals surface area contributed by atoms with Gasteiger partial charge in [0.05, 0.1) is 11.3 Å². The summed E-state index contributed by atoms with van der Waals surface area (Å²) in [6.45, 7) is 13.5. The van der Waals surface area contributed by atoms with Crippen molar-refractivity contribution >= 4 is 34.0 Å². The monoisotopic (exact) mass is 537 g/mol. The molecule has 4 rings (SSSR count). The summed E-state index contributed by atoms with van der Waals surface area (Å²) in [4.78, 5) is 14.1. The number of rotatable bonds is 8. The summed E-state index contributed by atoms with van der Waals surface area (Å²) in [5.74, 6) is 2.11. The topological polar surface area (TPSA) is 92.8 Å². The molecule has 0 bridgehead atoms. The highest BCUT2D eigenvalue weighted by Crippen LogP contribution is 2.44. The first kappa shape index (κ1) is 27.2. The van der Waals surface area contributed by atoms with Gasteiger partial charge in [0, 0.05) is 11.4 Å². The van der Waals surface area contributed by atoms with E-state index in [2.05, 4.69) is 42.4 Å². The largest absolute Gasteiger partial charge is 0.483 e. The Morgan fingerprint density at radius 3 is 2.70 bits per heavy atom. The molecule has 196 valence electrons. The SMILES string of the molecule is CCn1c(SCC(=O)Nc2sc3c(c2C#N)CCC(C(C)(C)C)C3)nnc1C(C)Oc1ccc(C)cc1. The molecule has 0 spiro atoms. The Labute approximate surface area is 227 Å². The van der Waals surface area contributed by atoms with Crippen molar-refractivity contribution < 1.29 is 9.53 Å². The molecule has 1 amide bonds. The quantitative estimate of drug-likeness (QED) is 0.327. The molecule has 0 aliphatic heterocycles. The first-order valence-corrected chi connectivity index (χ1v) is 14.5. The van der Waals surface area contributed by atoms with Crippen LogP contribution in [0, 0.1) is 29.6 Å². The molecule has 9 heteroatoms. The van der Waals surface area contributed by atoms with Crippen LogP contribution < -0.4 is 10.1 Å². The van der Waals surface area contributed by atoms with Gasteiger partial charge in [-0.05, 0) is 69.1 Å². The van der Waals surface area contributed by atoms with E-state index in [0.717, 1.165) is 36.4 Å². The number of nitrogens with zero attached hydrogens (tertiary/aromatic N) is 4. The van der Waals surface area contributed by atoms with Gasteiger partial charge in [0.15, 0.2) is 17.1 Å². The minimum atomic E-state index is -0.286. The molecule has 3 aromatic rings. The second kappa shape index (κ2) is 11.3. The Hall–Kier alpha value is -2.83. The van der Waals surface area contributed by atoms with Gasteiger partial charge in [0.1, 0.15) is 16.8 Å². The van der Waals surface area contributed by atoms with Gasteiger partial charge in [-0.3, -0.25) is 4.79 Å². The number of fused-ring (bicyclic) bond motifs is 1. The number of thioether (sulfide) groups is 1. The zero-order chi connectivity index (χ0) is 26.7. The molecule has 2 aromatic heterocycles. The summed E-state index contributed by atoms with van der Waals surface area (Å²) in [5.41, 5.74) is 3.15. The van der Waals surface area contributed by atoms with Crippen LogP contribution in [0.2, 0.25) is 0 Å². The second-order valence-electron chi connectivity index (χ2n) is 10.6. The van der Waals surface area contributed by atoms with Gasteiger partial charge in [-0.2, -0.15) is 5.26 Å². The van der Waals surface area contributed by atoms with Crippen molar-refractivity contribution in [2.45, 2.75) is 78.6 Å². The van der Waals surface area contributed by atoms with E-state index in [9.17, 15) is 10.1 Å². The van der Waals surface area contributed by atoms with Crippen molar-refractivity contribution in [1.82, 2.24) is 14.8 Å². The first-order valence-electron chi connectivity index (χ1n) is 12.7. The van der Waals surface area contributed by atoms with Crippen LogP contribution in [0.5, 0.6) is 5.75 Å². The van der Waals surface area contributed by atoms with Gasteiger partial charge in [0.25, 0.3) is 0 Å². The predicted molar refractivity (Wildman–Crippen MR) is 149 cm³/mol. The number of hydrogen-bond donors (Lipinski definition) is 1. The van der Waals surface area contributed by atoms with E-state index in [0.29, 0.717) is 28.2 Å². The van der Waals surface area contributed by atoms with Gasteiger partial charge in [-0.1, -0.05) is 50.2 Å². The molecule has 1 aliphatic carbocycles. The maximum Gasteiger partial charge on any atom is 0.235 e. The second-order valence-corrected chi connectivity index (χ2v) is 12.7. The number of benzene rings is 1. The van der Waals surface area contributed by atoms with Crippen molar-refractivity contribution in [1.29, 1.82) is 5.26 Å². The van der Waals surface area contributed by atoms with E-state index in [1.165, 1.54) is 22.2 Å². The molecule has 0 saturated carbocycles. The number of ether oxygens (including phenoxy) is 1. The molecule has 1 aromatic carbocycles. The molecular formula is C28H35N5O2S2. The molecule has 7 nitrogen and oxygen atoms in total. The lowest BCUT2D eigenvalue weighted by molar-refractivity contribution is -0.113. The highest BCUT2D eigenvalue weighted by molar-refractivity contribution is 7.99. The summed E-state index contributed by atoms with van der Waals surface area (Å²) in [5, 5.41) is 22.8. The summed E-state index contributed by atoms with van der Waals surface area (Å²) in [6, 6.07) is 10.3. The number of nitriles is 1. The highest BCUT2D eigenvalue weighted by atomic mass is 32.2. The molecule has 0 saturated heterocycles. The van der Waals surface area contributed by atoms with E-state index in [1.807, 2.05) is 49.6 Å². The lowest BCUT2D eigenvalue weighted by atomic mass is 9.72. The third kappa shape index (κ3) is 6.19. The maximum atomic E-state index is 12.9. The van der Waals surface area contributed by atoms with Gasteiger partial charge in [-0.15, -0.1) is 21.5 Å². The zero-order valence-electron chi connectivity index (χ0n) is 22.4. The minimum Gasteiger partial charge on any atom is -0.483 e. The summed E-state index contributed by atoms with van der Waals surface area (Å²) in [6.07, 6.45) is 2.65. The van der Waals surface area contributed by atoms with E-state index in [4.69, 9.17) is 4.74 Å². The number of hydrogen-bond acceptors (Lipinski definition) is 7. The van der Waals surface area contributed by atoms with Crippen LogP contribution >= 0.6 is 23.1 Å². The average Bonchev–Trinajstić information content (AvgIpc) is 3.43. The third-order valence-electron chi connectivity index (χ3n) is 6.95. The Balaban J connectivity index is 1.40. The van der Waals surface area contributed by atoms with Crippen LogP contribution in [0.4, 0.5) is 5.00 Å². The fourth-order valence-electron chi connectivity index (χ4n) is 4.70. The fourth-order valence-corrected chi connectivity index (χ4v) is 6.81. The number of aromatic nitrogens is 3. The van der Waals surface area contributed by atoms with Crippen LogP contribution in [0.3, 0.4) is 0 Å². The molecule has 2 heterocycles. The smallest absolute Gasteiger partial charge is 0.235 e. The zero-order valence-corrected chi connectivity index (χ0v) is 24.1. The Morgan fingerprint density at radius 1 is 1.32 bits per heavy atom. The number of amides is 1. The highest BCUT2D eigenvalue weighted by Gasteiger charge is 2.32. The van der Waals surface area contributed by atoms with Crippen molar-refractivity contribution in [2.75, 3.05) is 11.1 Å². The van der Waals surface area contributed by atoms with Crippen molar-refractivity contribution in [3.8, 4) is 11.8 Å². The normalized spacial score (nSPS) is 16.1. The van der Waals surface area contributed by atoms with Crippen molar-refractivity contribution in [3.05, 3.63) is 51.7 Å². The summed E-state index contributed by atoms with van der Waals surface area (Å²) in [7, 11) is 0. The van der Waals surface area contributed by atoms with Gasteiger partial charge in [0.2, 0.25) is 5.91 Å². The minimum absolute atomic E-state index is 0.149. The third-order valence-corrected chi connectivity index (χ3v) is 9.08. The lowest BCUT2D eigenvalue weighted by Crippen LogP contribution is -2.26. The molecule has 37 heavy (non-hydrogen) atoms. The van der Waals surface area contributed by atoms with E-state index >= 15 is 0 Å². The number of aryl methyl sites for hydroxylation is 1. The standard InChI is InChI=1S/C28H35N5O2S2/c1-7-33-25(18(3)35-20-11-8-17(2)9-12-20)31-32-27(33)36-16-24(34)30-26-22(15-29)21-13-10-19(28(4,5)6)14-23(21)37-26/h8-9,11-12,18-19H,7,10,13-14,16H2,1-6H3,(H,30,34). The molecule has 2 unspecified atom stereocenters. The summed E-state index contributed by atoms with van der Waals surface area (Å²) < 4.78 is 8.05. The Morgan fingerprint density at radius 2 is 2.05 bits per heavy atom.